The van der Waals surface area contributed by atoms with Crippen LogP contribution in [0.2, 0.25) is 0 Å². The molecule has 10 heteroatoms. The molecular weight excluding hydrogens is 526 g/mol. The maximum atomic E-state index is 13.6. The summed E-state index contributed by atoms with van der Waals surface area (Å²) >= 11 is 0. The van der Waals surface area contributed by atoms with Crippen molar-refractivity contribution in [2.45, 2.75) is 51.2 Å². The van der Waals surface area contributed by atoms with Crippen molar-refractivity contribution in [2.75, 3.05) is 18.5 Å². The number of amides is 1. The maximum Gasteiger partial charge on any atom is 0.335 e. The third-order valence-electron chi connectivity index (χ3n) is 7.41. The highest BCUT2D eigenvalue weighted by Crippen LogP contribution is 2.37. The molecule has 0 saturated carbocycles. The first-order valence-electron chi connectivity index (χ1n) is 13.5. The largest absolute Gasteiger partial charge is 0.491 e. The number of nitrogens with zero attached hydrogens (tertiary/aromatic N) is 2. The van der Waals surface area contributed by atoms with E-state index in [0.29, 0.717) is 29.4 Å². The molecule has 41 heavy (non-hydrogen) atoms. The summed E-state index contributed by atoms with van der Waals surface area (Å²) in [4.78, 5) is 31.0. The van der Waals surface area contributed by atoms with Crippen molar-refractivity contribution in [3.05, 3.63) is 83.4 Å². The van der Waals surface area contributed by atoms with Crippen molar-refractivity contribution in [2.24, 2.45) is 0 Å². The highest BCUT2D eigenvalue weighted by atomic mass is 16.8. The molecular formula is C31H31N3O7. The molecule has 0 spiro atoms. The number of carbonyl (C=O) groups excluding carboxylic acids is 1. The van der Waals surface area contributed by atoms with E-state index in [1.54, 1.807) is 17.0 Å². The Bertz CT molecular complexity index is 1600. The Morgan fingerprint density at radius 3 is 2.63 bits per heavy atom. The number of hydrogen-bond acceptors (Lipinski definition) is 8. The van der Waals surface area contributed by atoms with Gasteiger partial charge >= 0.3 is 5.97 Å². The van der Waals surface area contributed by atoms with E-state index in [1.807, 2.05) is 63.2 Å². The number of ether oxygens (including phenoxy) is 3. The fraction of sp³-hybridized carbons (Fsp3) is 0.323. The summed E-state index contributed by atoms with van der Waals surface area (Å²) in [6, 6.07) is 19.6. The number of oxazole rings is 1. The standard InChI is InChI=1S/C31H31N3O7/c1-18-6-4-5-7-22(18)32-30-33-23-13-8-19(14-25(23)39-30)15-27(35)34-16-26-28(41-31(2,3)40-26)24(34)17-38-21-11-9-20(10-12-21)29(36)37/h4-14,24,26,28H,15-17H2,1-3H3,(H,32,33)(H,36,37). The van der Waals surface area contributed by atoms with Crippen LogP contribution in [0.4, 0.5) is 11.7 Å². The van der Waals surface area contributed by atoms with Crippen molar-refractivity contribution < 1.29 is 33.3 Å². The van der Waals surface area contributed by atoms with Gasteiger partial charge in [-0.05, 0) is 74.4 Å². The van der Waals surface area contributed by atoms with E-state index in [-0.39, 0.29) is 42.7 Å². The van der Waals surface area contributed by atoms with E-state index in [4.69, 9.17) is 23.7 Å². The lowest BCUT2D eigenvalue weighted by Gasteiger charge is -2.30. The molecule has 1 aromatic heterocycles. The van der Waals surface area contributed by atoms with Crippen LogP contribution in [-0.2, 0) is 20.7 Å². The summed E-state index contributed by atoms with van der Waals surface area (Å²) in [5, 5.41) is 12.4. The van der Waals surface area contributed by atoms with Gasteiger partial charge in [0.25, 0.3) is 6.01 Å². The summed E-state index contributed by atoms with van der Waals surface area (Å²) in [5.74, 6) is -1.34. The minimum absolute atomic E-state index is 0.0867. The minimum Gasteiger partial charge on any atom is -0.491 e. The van der Waals surface area contributed by atoms with Gasteiger partial charge < -0.3 is 34.0 Å². The Balaban J connectivity index is 1.17. The lowest BCUT2D eigenvalue weighted by molar-refractivity contribution is -0.168. The Kier molecular flexibility index (Phi) is 6.88. The zero-order chi connectivity index (χ0) is 28.7. The van der Waals surface area contributed by atoms with Crippen LogP contribution < -0.4 is 10.1 Å². The third kappa shape index (κ3) is 5.61. The fourth-order valence-corrected chi connectivity index (χ4v) is 5.42. The minimum atomic E-state index is -1.01. The van der Waals surface area contributed by atoms with E-state index >= 15 is 0 Å². The fourth-order valence-electron chi connectivity index (χ4n) is 5.42. The van der Waals surface area contributed by atoms with Crippen molar-refractivity contribution >= 4 is 34.7 Å². The summed E-state index contributed by atoms with van der Waals surface area (Å²) < 4.78 is 24.2. The van der Waals surface area contributed by atoms with Gasteiger partial charge in [-0.2, -0.15) is 4.98 Å². The van der Waals surface area contributed by atoms with Gasteiger partial charge in [-0.25, -0.2) is 4.79 Å². The van der Waals surface area contributed by atoms with Crippen LogP contribution in [0, 0.1) is 6.92 Å². The molecule has 212 valence electrons. The first-order valence-corrected chi connectivity index (χ1v) is 13.5. The number of carbonyl (C=O) groups is 2. The highest BCUT2D eigenvalue weighted by molar-refractivity contribution is 5.87. The number of rotatable bonds is 8. The summed E-state index contributed by atoms with van der Waals surface area (Å²) in [7, 11) is 0. The number of hydrogen-bond donors (Lipinski definition) is 2. The molecule has 10 nitrogen and oxygen atoms in total. The summed E-state index contributed by atoms with van der Waals surface area (Å²) in [6.07, 6.45) is -0.466. The molecule has 2 aliphatic heterocycles. The zero-order valence-corrected chi connectivity index (χ0v) is 23.0. The Morgan fingerprint density at radius 1 is 1.10 bits per heavy atom. The number of anilines is 2. The van der Waals surface area contributed by atoms with Crippen LogP contribution >= 0.6 is 0 Å². The molecule has 0 bridgehead atoms. The molecule has 0 radical (unpaired) electrons. The van der Waals surface area contributed by atoms with E-state index in [9.17, 15) is 9.59 Å². The average molecular weight is 558 g/mol. The van der Waals surface area contributed by atoms with Crippen LogP contribution in [0.1, 0.15) is 35.3 Å². The lowest BCUT2D eigenvalue weighted by atomic mass is 10.1. The van der Waals surface area contributed by atoms with Crippen molar-refractivity contribution in [3.63, 3.8) is 0 Å². The first kappa shape index (κ1) is 26.8. The number of carboxylic acids is 1. The second kappa shape index (κ2) is 10.5. The van der Waals surface area contributed by atoms with Crippen LogP contribution in [0.3, 0.4) is 0 Å². The molecule has 2 fully saturated rings. The SMILES string of the molecule is Cc1ccccc1Nc1nc2ccc(CC(=O)N3CC4OC(C)(C)OC4C3COc3ccc(C(=O)O)cc3)cc2o1. The van der Waals surface area contributed by atoms with Gasteiger partial charge in [-0.1, -0.05) is 24.3 Å². The first-order chi connectivity index (χ1) is 19.6. The zero-order valence-electron chi connectivity index (χ0n) is 23.0. The quantitative estimate of drug-likeness (QED) is 0.310. The molecule has 1 amide bonds. The van der Waals surface area contributed by atoms with Crippen LogP contribution in [0.5, 0.6) is 5.75 Å². The van der Waals surface area contributed by atoms with Gasteiger partial charge in [0.15, 0.2) is 11.4 Å². The van der Waals surface area contributed by atoms with Crippen LogP contribution in [0.25, 0.3) is 11.1 Å². The highest BCUT2D eigenvalue weighted by Gasteiger charge is 2.54. The summed E-state index contributed by atoms with van der Waals surface area (Å²) in [6.45, 7) is 6.27. The third-order valence-corrected chi connectivity index (χ3v) is 7.41. The summed E-state index contributed by atoms with van der Waals surface area (Å²) in [5.41, 5.74) is 4.23. The molecule has 3 heterocycles. The Morgan fingerprint density at radius 2 is 1.88 bits per heavy atom. The number of para-hydroxylation sites is 1. The number of likely N-dealkylation sites (tertiary alicyclic amines) is 1. The van der Waals surface area contributed by atoms with Crippen LogP contribution in [0.15, 0.2) is 71.1 Å². The van der Waals surface area contributed by atoms with Gasteiger partial charge in [0, 0.05) is 5.69 Å². The molecule has 3 unspecified atom stereocenters. The molecule has 3 aromatic carbocycles. The maximum absolute atomic E-state index is 13.6. The number of carboxylic acid groups (broad SMARTS) is 1. The predicted octanol–water partition coefficient (Wildman–Crippen LogP) is 4.93. The molecule has 0 aliphatic carbocycles. The number of aromatic carboxylic acids is 1. The lowest BCUT2D eigenvalue weighted by Crippen LogP contribution is -2.46. The van der Waals surface area contributed by atoms with Gasteiger partial charge in [0.05, 0.1) is 24.6 Å². The number of nitrogens with one attached hydrogen (secondary N) is 1. The molecule has 2 saturated heterocycles. The number of benzene rings is 3. The van der Waals surface area contributed by atoms with Gasteiger partial charge in [-0.3, -0.25) is 4.79 Å². The molecule has 2 N–H and O–H groups in total. The monoisotopic (exact) mass is 557 g/mol. The van der Waals surface area contributed by atoms with Gasteiger partial charge in [-0.15, -0.1) is 0 Å². The van der Waals surface area contributed by atoms with Crippen molar-refractivity contribution in [1.82, 2.24) is 9.88 Å². The topological polar surface area (TPSA) is 123 Å². The van der Waals surface area contributed by atoms with Crippen molar-refractivity contribution in [3.8, 4) is 5.75 Å². The molecule has 6 rings (SSSR count). The van der Waals surface area contributed by atoms with E-state index in [0.717, 1.165) is 16.8 Å². The van der Waals surface area contributed by atoms with E-state index in [2.05, 4.69) is 10.3 Å². The second-order valence-electron chi connectivity index (χ2n) is 10.8. The van der Waals surface area contributed by atoms with Gasteiger partial charge in [0.1, 0.15) is 30.1 Å². The van der Waals surface area contributed by atoms with E-state index < -0.39 is 11.8 Å². The number of aryl methyl sites for hydroxylation is 1. The van der Waals surface area contributed by atoms with E-state index in [1.165, 1.54) is 12.1 Å². The molecule has 4 aromatic rings. The smallest absolute Gasteiger partial charge is 0.335 e. The average Bonchev–Trinajstić information content (AvgIpc) is 3.58. The molecule has 3 atom stereocenters. The molecule has 2 aliphatic rings. The number of aromatic nitrogens is 1. The number of fused-ring (bicyclic) bond motifs is 2. The Labute approximate surface area is 236 Å². The van der Waals surface area contributed by atoms with Gasteiger partial charge in [0.2, 0.25) is 5.91 Å². The normalized spacial score (nSPS) is 21.1. The Hall–Kier alpha value is -4.41. The predicted molar refractivity (Wildman–Crippen MR) is 150 cm³/mol. The van der Waals surface area contributed by atoms with Crippen LogP contribution in [-0.4, -0.2) is 64.1 Å². The second-order valence-corrected chi connectivity index (χ2v) is 10.8. The van der Waals surface area contributed by atoms with Crippen molar-refractivity contribution in [1.29, 1.82) is 0 Å².